The molecule has 116 valence electrons. The summed E-state index contributed by atoms with van der Waals surface area (Å²) in [6.45, 7) is 5.59. The predicted molar refractivity (Wildman–Crippen MR) is 78.0 cm³/mol. The average molecular weight is 333 g/mol. The first-order valence-electron chi connectivity index (χ1n) is 6.49. The molecule has 1 heterocycles. The fraction of sp³-hybridized carbons (Fsp3) is 0.500. The zero-order valence-electron chi connectivity index (χ0n) is 12.1. The van der Waals surface area contributed by atoms with Gasteiger partial charge in [-0.1, -0.05) is 0 Å². The number of fused-ring (bicyclic) bond motifs is 1. The number of hydrogen-bond donors (Lipinski definition) is 0. The van der Waals surface area contributed by atoms with Crippen molar-refractivity contribution in [1.82, 2.24) is 0 Å². The van der Waals surface area contributed by atoms with E-state index >= 15 is 0 Å². The van der Waals surface area contributed by atoms with Gasteiger partial charge in [-0.15, -0.1) is 0 Å². The van der Waals surface area contributed by atoms with Gasteiger partial charge < -0.3 is 9.47 Å². The van der Waals surface area contributed by atoms with E-state index < -0.39 is 20.6 Å². The Kier molecular flexibility index (Phi) is 4.22. The van der Waals surface area contributed by atoms with Crippen molar-refractivity contribution in [1.29, 1.82) is 0 Å². The highest BCUT2D eigenvalue weighted by Crippen LogP contribution is 2.31. The highest BCUT2D eigenvalue weighted by molar-refractivity contribution is 8.13. The Bertz CT molecular complexity index is 660. The highest BCUT2D eigenvalue weighted by Gasteiger charge is 2.30. The minimum Gasteiger partial charge on any atom is -0.492 e. The molecule has 0 spiro atoms. The minimum atomic E-state index is -3.80. The van der Waals surface area contributed by atoms with Gasteiger partial charge in [-0.3, -0.25) is 4.79 Å². The maximum Gasteiger partial charge on any atom is 0.313 e. The van der Waals surface area contributed by atoms with Crippen LogP contribution in [0.15, 0.2) is 23.1 Å². The maximum atomic E-state index is 12.1. The molecule has 1 aromatic rings. The fourth-order valence-corrected chi connectivity index (χ4v) is 2.86. The van der Waals surface area contributed by atoms with E-state index in [1.807, 2.05) is 0 Å². The molecule has 5 nitrogen and oxygen atoms in total. The lowest BCUT2D eigenvalue weighted by Gasteiger charge is -2.27. The summed E-state index contributed by atoms with van der Waals surface area (Å²) in [7, 11) is 1.52. The van der Waals surface area contributed by atoms with Crippen LogP contribution in [0, 0.1) is 5.92 Å². The van der Waals surface area contributed by atoms with Crippen LogP contribution < -0.4 is 4.74 Å². The zero-order valence-corrected chi connectivity index (χ0v) is 13.6. The number of carbonyl (C=O) groups excluding carboxylic acids is 1. The van der Waals surface area contributed by atoms with Gasteiger partial charge in [0.1, 0.15) is 18.0 Å². The third-order valence-electron chi connectivity index (χ3n) is 2.96. The van der Waals surface area contributed by atoms with E-state index in [9.17, 15) is 13.2 Å². The molecule has 1 atom stereocenters. The van der Waals surface area contributed by atoms with E-state index in [1.165, 1.54) is 12.1 Å². The first-order chi connectivity index (χ1) is 9.56. The van der Waals surface area contributed by atoms with Crippen molar-refractivity contribution in [2.45, 2.75) is 37.7 Å². The van der Waals surface area contributed by atoms with Crippen LogP contribution in [0.5, 0.6) is 5.75 Å². The Labute approximate surface area is 128 Å². The summed E-state index contributed by atoms with van der Waals surface area (Å²) in [6.07, 6.45) is 0.366. The summed E-state index contributed by atoms with van der Waals surface area (Å²) in [6, 6.07) is 4.37. The van der Waals surface area contributed by atoms with Crippen LogP contribution in [0.4, 0.5) is 0 Å². The molecule has 0 amide bonds. The van der Waals surface area contributed by atoms with E-state index in [2.05, 4.69) is 0 Å². The molecule has 0 saturated carbocycles. The minimum absolute atomic E-state index is 0.00337. The molecular weight excluding hydrogens is 316 g/mol. The van der Waals surface area contributed by atoms with E-state index in [1.54, 1.807) is 26.8 Å². The average Bonchev–Trinajstić information content (AvgIpc) is 2.34. The second-order valence-corrected chi connectivity index (χ2v) is 8.52. The summed E-state index contributed by atoms with van der Waals surface area (Å²) in [5, 5.41) is 0. The van der Waals surface area contributed by atoms with Crippen molar-refractivity contribution in [3.63, 3.8) is 0 Å². The first-order valence-corrected chi connectivity index (χ1v) is 8.80. The van der Waals surface area contributed by atoms with Crippen molar-refractivity contribution < 1.29 is 22.7 Å². The number of hydrogen-bond acceptors (Lipinski definition) is 5. The quantitative estimate of drug-likeness (QED) is 0.614. The Morgan fingerprint density at radius 3 is 2.62 bits per heavy atom. The summed E-state index contributed by atoms with van der Waals surface area (Å²) >= 11 is 0. The molecule has 1 aromatic carbocycles. The van der Waals surface area contributed by atoms with Crippen LogP contribution in [0.3, 0.4) is 0 Å². The van der Waals surface area contributed by atoms with Crippen LogP contribution in [0.25, 0.3) is 0 Å². The van der Waals surface area contributed by atoms with E-state index in [0.29, 0.717) is 17.7 Å². The topological polar surface area (TPSA) is 69.7 Å². The molecule has 0 fully saturated rings. The molecule has 2 rings (SSSR count). The molecule has 1 unspecified atom stereocenters. The van der Waals surface area contributed by atoms with Gasteiger partial charge in [-0.2, -0.15) is 0 Å². The monoisotopic (exact) mass is 332 g/mol. The molecule has 7 heteroatoms. The number of carbonyl (C=O) groups is 1. The Balaban J connectivity index is 2.21. The molecule has 0 bridgehead atoms. The van der Waals surface area contributed by atoms with Crippen molar-refractivity contribution >= 4 is 25.7 Å². The Hall–Kier alpha value is -1.27. The lowest BCUT2D eigenvalue weighted by atomic mass is 9.96. The van der Waals surface area contributed by atoms with Crippen molar-refractivity contribution in [2.75, 3.05) is 6.61 Å². The van der Waals surface area contributed by atoms with Gasteiger partial charge in [-0.25, -0.2) is 8.42 Å². The van der Waals surface area contributed by atoms with Crippen molar-refractivity contribution in [3.8, 4) is 5.75 Å². The standard InChI is InChI=1S/C14H17ClO5S/c1-14(2,3)20-13(16)10-6-9-7-11(21(15,17)18)4-5-12(9)19-8-10/h4-5,7,10H,6,8H2,1-3H3. The first kappa shape index (κ1) is 16.1. The number of esters is 1. The molecule has 0 radical (unpaired) electrons. The summed E-state index contributed by atoms with van der Waals surface area (Å²) in [5.74, 6) is -0.240. The lowest BCUT2D eigenvalue weighted by Crippen LogP contribution is -2.34. The predicted octanol–water partition coefficient (Wildman–Crippen LogP) is 2.51. The largest absolute Gasteiger partial charge is 0.492 e. The summed E-state index contributed by atoms with van der Waals surface area (Å²) < 4.78 is 33.5. The normalized spacial score (nSPS) is 18.6. The van der Waals surface area contributed by atoms with Gasteiger partial charge in [0.05, 0.1) is 10.8 Å². The third-order valence-corrected chi connectivity index (χ3v) is 4.31. The lowest BCUT2D eigenvalue weighted by molar-refractivity contribution is -0.161. The zero-order chi connectivity index (χ0) is 15.8. The van der Waals surface area contributed by atoms with E-state index in [4.69, 9.17) is 20.2 Å². The Morgan fingerprint density at radius 1 is 1.38 bits per heavy atom. The van der Waals surface area contributed by atoms with Gasteiger partial charge in [0.15, 0.2) is 0 Å². The van der Waals surface area contributed by atoms with Crippen LogP contribution in [-0.2, 0) is 25.0 Å². The van der Waals surface area contributed by atoms with Gasteiger partial charge in [0, 0.05) is 10.7 Å². The fourth-order valence-electron chi connectivity index (χ4n) is 2.06. The van der Waals surface area contributed by atoms with Crippen molar-refractivity contribution in [2.24, 2.45) is 5.92 Å². The van der Waals surface area contributed by atoms with Gasteiger partial charge in [-0.05, 0) is 51.0 Å². The second kappa shape index (κ2) is 5.50. The van der Waals surface area contributed by atoms with Crippen LogP contribution >= 0.6 is 10.7 Å². The summed E-state index contributed by atoms with van der Waals surface area (Å²) in [5.41, 5.74) is 0.0671. The number of ether oxygens (including phenoxy) is 2. The van der Waals surface area contributed by atoms with Crippen LogP contribution in [0.1, 0.15) is 26.3 Å². The second-order valence-electron chi connectivity index (χ2n) is 5.95. The number of benzene rings is 1. The van der Waals surface area contributed by atoms with E-state index in [0.717, 1.165) is 0 Å². The highest BCUT2D eigenvalue weighted by atomic mass is 35.7. The molecule has 1 aliphatic heterocycles. The summed E-state index contributed by atoms with van der Waals surface area (Å²) in [4.78, 5) is 12.1. The van der Waals surface area contributed by atoms with Gasteiger partial charge in [0.25, 0.3) is 9.05 Å². The third kappa shape index (κ3) is 4.11. The SMILES string of the molecule is CC(C)(C)OC(=O)C1COc2ccc(S(=O)(=O)Cl)cc2C1. The molecule has 1 aliphatic rings. The number of halogens is 1. The molecule has 0 N–H and O–H groups in total. The molecular formula is C14H17ClO5S. The van der Waals surface area contributed by atoms with Crippen molar-refractivity contribution in [3.05, 3.63) is 23.8 Å². The molecule has 0 aliphatic carbocycles. The number of rotatable bonds is 2. The van der Waals surface area contributed by atoms with Gasteiger partial charge >= 0.3 is 5.97 Å². The molecule has 0 aromatic heterocycles. The molecule has 21 heavy (non-hydrogen) atoms. The van der Waals surface area contributed by atoms with Gasteiger partial charge in [0.2, 0.25) is 0 Å². The Morgan fingerprint density at radius 2 is 2.05 bits per heavy atom. The smallest absolute Gasteiger partial charge is 0.313 e. The van der Waals surface area contributed by atoms with Crippen LogP contribution in [-0.4, -0.2) is 26.6 Å². The van der Waals surface area contributed by atoms with Crippen LogP contribution in [0.2, 0.25) is 0 Å². The van der Waals surface area contributed by atoms with E-state index in [-0.39, 0.29) is 17.5 Å². The molecule has 0 saturated heterocycles. The maximum absolute atomic E-state index is 12.1.